The molecule has 2 aromatic heterocycles. The Morgan fingerprint density at radius 2 is 1.91 bits per heavy atom. The summed E-state index contributed by atoms with van der Waals surface area (Å²) in [5.41, 5.74) is -1.16. The molecule has 2 aromatic rings. The fraction of sp³-hybridized carbons (Fsp3) is 0.471. The molecule has 15 heteroatoms. The molecule has 1 aliphatic carbocycles. The number of anilines is 1. The highest BCUT2D eigenvalue weighted by Gasteiger charge is 2.61. The molecule has 1 amide bonds. The van der Waals surface area contributed by atoms with Crippen molar-refractivity contribution in [2.24, 2.45) is 0 Å². The van der Waals surface area contributed by atoms with Crippen LogP contribution in [0.15, 0.2) is 17.2 Å². The molecule has 8 nitrogen and oxygen atoms in total. The number of nitrogens with zero attached hydrogens (tertiary/aromatic N) is 5. The van der Waals surface area contributed by atoms with Crippen LogP contribution in [-0.2, 0) is 21.2 Å². The molecule has 0 aliphatic heterocycles. The van der Waals surface area contributed by atoms with Crippen molar-refractivity contribution in [2.45, 2.75) is 42.2 Å². The Hall–Kier alpha value is -2.73. The standard InChI is InChI=1S/C17H14F5N5O3S2/c1-3-32(29,30)10-6-9(15(8-23)4-5-15)7-24-11(10)12(28)27(2)14-26-25-13(31-14)16(18,19)17(20,21)22/h6-7H,3-5H2,1-2H3. The number of hydrogen-bond donors (Lipinski definition) is 0. The van der Waals surface area contributed by atoms with E-state index in [2.05, 4.69) is 21.3 Å². The van der Waals surface area contributed by atoms with E-state index in [1.807, 2.05) is 0 Å². The highest BCUT2D eigenvalue weighted by Crippen LogP contribution is 2.48. The van der Waals surface area contributed by atoms with E-state index in [1.54, 1.807) is 0 Å². The third-order valence-corrected chi connectivity index (χ3v) is 7.73. The fourth-order valence-electron chi connectivity index (χ4n) is 2.69. The van der Waals surface area contributed by atoms with Crippen LogP contribution in [0.5, 0.6) is 0 Å². The van der Waals surface area contributed by atoms with Crippen molar-refractivity contribution in [3.63, 3.8) is 0 Å². The van der Waals surface area contributed by atoms with E-state index in [0.29, 0.717) is 23.3 Å². The first kappa shape index (κ1) is 23.9. The van der Waals surface area contributed by atoms with Crippen LogP contribution in [-0.4, -0.2) is 48.5 Å². The van der Waals surface area contributed by atoms with E-state index < -0.39 is 59.7 Å². The molecule has 0 unspecified atom stereocenters. The van der Waals surface area contributed by atoms with Gasteiger partial charge in [-0.1, -0.05) is 18.3 Å². The highest BCUT2D eigenvalue weighted by molar-refractivity contribution is 7.91. The van der Waals surface area contributed by atoms with Gasteiger partial charge in [-0.05, 0) is 24.5 Å². The second kappa shape index (κ2) is 7.69. The Labute approximate surface area is 182 Å². The summed E-state index contributed by atoms with van der Waals surface area (Å²) in [5.74, 6) is -6.79. The maximum Gasteiger partial charge on any atom is 0.460 e. The number of halogens is 5. The zero-order chi connectivity index (χ0) is 24.1. The molecule has 0 aromatic carbocycles. The number of sulfone groups is 1. The average Bonchev–Trinajstić information content (AvgIpc) is 3.38. The van der Waals surface area contributed by atoms with Crippen LogP contribution in [0.1, 0.15) is 40.8 Å². The van der Waals surface area contributed by atoms with E-state index in [9.17, 15) is 40.4 Å². The maximum atomic E-state index is 13.5. The Morgan fingerprint density at radius 1 is 1.28 bits per heavy atom. The predicted octanol–water partition coefficient (Wildman–Crippen LogP) is 3.21. The number of amides is 1. The average molecular weight is 495 g/mol. The van der Waals surface area contributed by atoms with Gasteiger partial charge in [-0.2, -0.15) is 27.2 Å². The van der Waals surface area contributed by atoms with Gasteiger partial charge in [0.05, 0.1) is 22.1 Å². The first-order chi connectivity index (χ1) is 14.7. The Bertz CT molecular complexity index is 1220. The van der Waals surface area contributed by atoms with Gasteiger partial charge in [0.25, 0.3) is 5.91 Å². The van der Waals surface area contributed by atoms with Crippen LogP contribution < -0.4 is 4.90 Å². The lowest BCUT2D eigenvalue weighted by Gasteiger charge is -2.17. The van der Waals surface area contributed by atoms with Gasteiger partial charge < -0.3 is 0 Å². The van der Waals surface area contributed by atoms with Crippen molar-refractivity contribution in [3.05, 3.63) is 28.5 Å². The second-order valence-corrected chi connectivity index (χ2v) is 10.2. The van der Waals surface area contributed by atoms with Gasteiger partial charge >= 0.3 is 12.1 Å². The lowest BCUT2D eigenvalue weighted by atomic mass is 9.99. The molecule has 0 bridgehead atoms. The molecule has 0 radical (unpaired) electrons. The molecular formula is C17H14F5N5O3S2. The summed E-state index contributed by atoms with van der Waals surface area (Å²) in [6.07, 6.45) is -3.75. The summed E-state index contributed by atoms with van der Waals surface area (Å²) in [6, 6.07) is 3.26. The van der Waals surface area contributed by atoms with Gasteiger partial charge in [0.15, 0.2) is 14.8 Å². The first-order valence-electron chi connectivity index (χ1n) is 8.91. The van der Waals surface area contributed by atoms with Crippen molar-refractivity contribution in [1.82, 2.24) is 15.2 Å². The third-order valence-electron chi connectivity index (χ3n) is 4.92. The Kier molecular flexibility index (Phi) is 5.75. The van der Waals surface area contributed by atoms with Crippen molar-refractivity contribution < 1.29 is 35.2 Å². The molecule has 1 saturated carbocycles. The number of carbonyl (C=O) groups is 1. The van der Waals surface area contributed by atoms with Gasteiger partial charge in [-0.25, -0.2) is 13.4 Å². The lowest BCUT2D eigenvalue weighted by molar-refractivity contribution is -0.289. The minimum absolute atomic E-state index is 0.169. The summed E-state index contributed by atoms with van der Waals surface area (Å²) in [4.78, 5) is 16.9. The molecular weight excluding hydrogens is 481 g/mol. The zero-order valence-corrected chi connectivity index (χ0v) is 18.1. The number of pyridine rings is 1. The van der Waals surface area contributed by atoms with Gasteiger partial charge in [-0.3, -0.25) is 9.69 Å². The van der Waals surface area contributed by atoms with Crippen LogP contribution in [0.25, 0.3) is 0 Å². The molecule has 2 heterocycles. The Morgan fingerprint density at radius 3 is 2.41 bits per heavy atom. The van der Waals surface area contributed by atoms with E-state index in [-0.39, 0.29) is 11.3 Å². The van der Waals surface area contributed by atoms with Crippen molar-refractivity contribution in [2.75, 3.05) is 17.7 Å². The van der Waals surface area contributed by atoms with E-state index in [1.165, 1.54) is 19.2 Å². The maximum absolute atomic E-state index is 13.5. The second-order valence-electron chi connectivity index (χ2n) is 6.99. The fourth-order valence-corrected chi connectivity index (χ4v) is 4.55. The normalized spacial score (nSPS) is 15.8. The van der Waals surface area contributed by atoms with Crippen LogP contribution in [0.4, 0.5) is 27.1 Å². The summed E-state index contributed by atoms with van der Waals surface area (Å²) in [5, 5.41) is 13.1. The van der Waals surface area contributed by atoms with Crippen LogP contribution >= 0.6 is 11.3 Å². The molecule has 0 atom stereocenters. The van der Waals surface area contributed by atoms with Gasteiger partial charge in [0, 0.05) is 13.2 Å². The number of aromatic nitrogens is 3. The van der Waals surface area contributed by atoms with Gasteiger partial charge in [-0.15, -0.1) is 10.2 Å². The van der Waals surface area contributed by atoms with Crippen LogP contribution in [0.2, 0.25) is 0 Å². The smallest absolute Gasteiger partial charge is 0.284 e. The number of hydrogen-bond acceptors (Lipinski definition) is 8. The molecule has 172 valence electrons. The largest absolute Gasteiger partial charge is 0.460 e. The summed E-state index contributed by atoms with van der Waals surface area (Å²) < 4.78 is 89.8. The minimum atomic E-state index is -5.91. The molecule has 0 spiro atoms. The first-order valence-corrected chi connectivity index (χ1v) is 11.4. The molecule has 1 fully saturated rings. The van der Waals surface area contributed by atoms with Crippen molar-refractivity contribution >= 4 is 32.2 Å². The third kappa shape index (κ3) is 3.92. The van der Waals surface area contributed by atoms with E-state index >= 15 is 0 Å². The number of alkyl halides is 5. The molecule has 32 heavy (non-hydrogen) atoms. The minimum Gasteiger partial charge on any atom is -0.284 e. The van der Waals surface area contributed by atoms with Crippen molar-refractivity contribution in [1.29, 1.82) is 5.26 Å². The SMILES string of the molecule is CCS(=O)(=O)c1cc(C2(C#N)CC2)cnc1C(=O)N(C)c1nnc(C(F)(F)C(F)(F)F)s1. The molecule has 3 rings (SSSR count). The van der Waals surface area contributed by atoms with E-state index in [4.69, 9.17) is 0 Å². The number of rotatable bonds is 6. The van der Waals surface area contributed by atoms with Crippen LogP contribution in [0.3, 0.4) is 0 Å². The Balaban J connectivity index is 2.02. The van der Waals surface area contributed by atoms with Crippen molar-refractivity contribution in [3.8, 4) is 6.07 Å². The monoisotopic (exact) mass is 495 g/mol. The van der Waals surface area contributed by atoms with Crippen LogP contribution in [0, 0.1) is 11.3 Å². The lowest BCUT2D eigenvalue weighted by Crippen LogP contribution is -2.33. The highest BCUT2D eigenvalue weighted by atomic mass is 32.2. The van der Waals surface area contributed by atoms with Gasteiger partial charge in [0.2, 0.25) is 5.13 Å². The number of carbonyl (C=O) groups excluding carboxylic acids is 1. The summed E-state index contributed by atoms with van der Waals surface area (Å²) in [6.45, 7) is 1.33. The molecule has 1 aliphatic rings. The number of nitriles is 1. The van der Waals surface area contributed by atoms with Gasteiger partial charge in [0.1, 0.15) is 5.69 Å². The zero-order valence-electron chi connectivity index (χ0n) is 16.4. The molecule has 0 N–H and O–H groups in total. The van der Waals surface area contributed by atoms with E-state index in [0.717, 1.165) is 7.05 Å². The quantitative estimate of drug-likeness (QED) is 0.565. The summed E-state index contributed by atoms with van der Waals surface area (Å²) >= 11 is -0.169. The molecule has 0 saturated heterocycles. The predicted molar refractivity (Wildman–Crippen MR) is 101 cm³/mol. The topological polar surface area (TPSA) is 117 Å². The summed E-state index contributed by atoms with van der Waals surface area (Å²) in [7, 11) is -3.00.